The van der Waals surface area contributed by atoms with Gasteiger partial charge in [-0.2, -0.15) is 0 Å². The van der Waals surface area contributed by atoms with Crippen molar-refractivity contribution in [2.24, 2.45) is 10.7 Å². The third-order valence-electron chi connectivity index (χ3n) is 2.32. The quantitative estimate of drug-likeness (QED) is 0.292. The number of unbranched alkanes of at least 4 members (excludes halogenated alkanes) is 3. The number of hydrogen-bond donors (Lipinski definition) is 1. The molecule has 0 saturated heterocycles. The predicted molar refractivity (Wildman–Crippen MR) is 79.4 cm³/mol. The summed E-state index contributed by atoms with van der Waals surface area (Å²) in [6.07, 6.45) is 6.17. The Labute approximate surface area is 111 Å². The van der Waals surface area contributed by atoms with E-state index >= 15 is 0 Å². The Morgan fingerprint density at radius 3 is 2.33 bits per heavy atom. The van der Waals surface area contributed by atoms with Gasteiger partial charge in [-0.15, -0.1) is 0 Å². The molecule has 2 N–H and O–H groups in total. The highest BCUT2D eigenvalue weighted by molar-refractivity contribution is 5.60. The van der Waals surface area contributed by atoms with E-state index in [0.29, 0.717) is 5.70 Å². The van der Waals surface area contributed by atoms with Gasteiger partial charge in [0.1, 0.15) is 0 Å². The Morgan fingerprint density at radius 2 is 1.83 bits per heavy atom. The lowest BCUT2D eigenvalue weighted by Gasteiger charge is -2.04. The average molecular weight is 250 g/mol. The smallest absolute Gasteiger partial charge is 0.0876 e. The van der Waals surface area contributed by atoms with Crippen LogP contribution in [0.4, 0.5) is 0 Å². The Morgan fingerprint density at radius 1 is 1.17 bits per heavy atom. The van der Waals surface area contributed by atoms with Gasteiger partial charge in [0.25, 0.3) is 0 Å². The summed E-state index contributed by atoms with van der Waals surface area (Å²) in [5.74, 6) is 0.784. The summed E-state index contributed by atoms with van der Waals surface area (Å²) in [5.41, 5.74) is 8.08. The van der Waals surface area contributed by atoms with Crippen molar-refractivity contribution in [1.82, 2.24) is 0 Å². The molecular weight excluding hydrogens is 224 g/mol. The molecule has 0 heterocycles. The minimum Gasteiger partial charge on any atom is -0.499 e. The van der Waals surface area contributed by atoms with E-state index in [9.17, 15) is 0 Å². The fourth-order valence-electron chi connectivity index (χ4n) is 1.45. The SMILES string of the molecule is C=C(C)OCCCCCC=NC(C(=C)N)=C(C)C. The Hall–Kier alpha value is -1.51. The zero-order valence-corrected chi connectivity index (χ0v) is 12.0. The second kappa shape index (κ2) is 9.51. The van der Waals surface area contributed by atoms with Crippen LogP contribution in [0.25, 0.3) is 0 Å². The van der Waals surface area contributed by atoms with E-state index < -0.39 is 0 Å². The summed E-state index contributed by atoms with van der Waals surface area (Å²) in [7, 11) is 0. The van der Waals surface area contributed by atoms with E-state index in [1.54, 1.807) is 0 Å². The van der Waals surface area contributed by atoms with Crippen molar-refractivity contribution in [3.63, 3.8) is 0 Å². The van der Waals surface area contributed by atoms with Crippen molar-refractivity contribution in [1.29, 1.82) is 0 Å². The van der Waals surface area contributed by atoms with E-state index in [1.165, 1.54) is 0 Å². The van der Waals surface area contributed by atoms with Gasteiger partial charge in [0.2, 0.25) is 0 Å². The van der Waals surface area contributed by atoms with Gasteiger partial charge in [0, 0.05) is 6.21 Å². The summed E-state index contributed by atoms with van der Waals surface area (Å²) >= 11 is 0. The van der Waals surface area contributed by atoms with Crippen LogP contribution in [0.1, 0.15) is 46.5 Å². The lowest BCUT2D eigenvalue weighted by Crippen LogP contribution is -1.99. The average Bonchev–Trinajstić information content (AvgIpc) is 2.25. The number of rotatable bonds is 9. The van der Waals surface area contributed by atoms with Crippen molar-refractivity contribution in [2.45, 2.75) is 46.5 Å². The molecule has 0 aromatic heterocycles. The van der Waals surface area contributed by atoms with E-state index in [-0.39, 0.29) is 0 Å². The van der Waals surface area contributed by atoms with Gasteiger partial charge in [-0.05, 0) is 52.0 Å². The van der Waals surface area contributed by atoms with Gasteiger partial charge in [0.15, 0.2) is 0 Å². The maximum atomic E-state index is 5.66. The molecule has 0 atom stereocenters. The van der Waals surface area contributed by atoms with Crippen LogP contribution in [0.15, 0.2) is 40.9 Å². The van der Waals surface area contributed by atoms with E-state index in [0.717, 1.165) is 49.3 Å². The maximum Gasteiger partial charge on any atom is 0.0876 e. The zero-order valence-electron chi connectivity index (χ0n) is 12.0. The van der Waals surface area contributed by atoms with Crippen LogP contribution in [0, 0.1) is 0 Å². The second-order valence-electron chi connectivity index (χ2n) is 4.59. The Bertz CT molecular complexity index is 336. The monoisotopic (exact) mass is 250 g/mol. The number of aliphatic imine (C=N–C) groups is 1. The van der Waals surface area contributed by atoms with Gasteiger partial charge in [-0.25, -0.2) is 0 Å². The second-order valence-corrected chi connectivity index (χ2v) is 4.59. The van der Waals surface area contributed by atoms with Crippen LogP contribution in [0.5, 0.6) is 0 Å². The molecule has 0 amide bonds. The van der Waals surface area contributed by atoms with Crippen molar-refractivity contribution >= 4 is 6.21 Å². The molecule has 0 aliphatic carbocycles. The minimum atomic E-state index is 0.529. The normalized spacial score (nSPS) is 10.4. The molecule has 0 aromatic rings. The highest BCUT2D eigenvalue weighted by Gasteiger charge is 1.97. The van der Waals surface area contributed by atoms with Crippen LogP contribution in [0.3, 0.4) is 0 Å². The van der Waals surface area contributed by atoms with Gasteiger partial charge >= 0.3 is 0 Å². The number of hydrogen-bond acceptors (Lipinski definition) is 3. The van der Waals surface area contributed by atoms with Crippen LogP contribution < -0.4 is 5.73 Å². The molecule has 18 heavy (non-hydrogen) atoms. The van der Waals surface area contributed by atoms with Crippen LogP contribution in [-0.2, 0) is 4.74 Å². The Balaban J connectivity index is 3.75. The van der Waals surface area contributed by atoms with E-state index in [1.807, 2.05) is 27.0 Å². The molecule has 0 aliphatic rings. The highest BCUT2D eigenvalue weighted by Crippen LogP contribution is 2.10. The van der Waals surface area contributed by atoms with Crippen molar-refractivity contribution in [2.75, 3.05) is 6.61 Å². The number of nitrogens with two attached hydrogens (primary N) is 1. The van der Waals surface area contributed by atoms with Crippen LogP contribution >= 0.6 is 0 Å². The first-order chi connectivity index (χ1) is 8.45. The van der Waals surface area contributed by atoms with Crippen molar-refractivity contribution in [3.05, 3.63) is 35.9 Å². The van der Waals surface area contributed by atoms with Gasteiger partial charge in [-0.1, -0.05) is 13.2 Å². The van der Waals surface area contributed by atoms with E-state index in [4.69, 9.17) is 10.5 Å². The first-order valence-corrected chi connectivity index (χ1v) is 6.38. The molecule has 0 spiro atoms. The number of allylic oxidation sites excluding steroid dienone is 2. The summed E-state index contributed by atoms with van der Waals surface area (Å²) in [5, 5.41) is 0. The largest absolute Gasteiger partial charge is 0.499 e. The molecule has 102 valence electrons. The molecule has 0 unspecified atom stereocenters. The van der Waals surface area contributed by atoms with Gasteiger partial charge in [0.05, 0.1) is 23.8 Å². The standard InChI is InChI=1S/C15H26N2O/c1-12(2)15(14(5)16)17-10-8-6-7-9-11-18-13(3)4/h10H,3,5-9,11,16H2,1-2,4H3. The fraction of sp³-hybridized carbons (Fsp3) is 0.533. The highest BCUT2D eigenvalue weighted by atomic mass is 16.5. The molecule has 0 rings (SSSR count). The maximum absolute atomic E-state index is 5.66. The third kappa shape index (κ3) is 8.62. The van der Waals surface area contributed by atoms with E-state index in [2.05, 4.69) is 18.2 Å². The topological polar surface area (TPSA) is 47.6 Å². The number of nitrogens with zero attached hydrogens (tertiary/aromatic N) is 1. The minimum absolute atomic E-state index is 0.529. The zero-order chi connectivity index (χ0) is 14.0. The predicted octanol–water partition coefficient (Wildman–Crippen LogP) is 3.93. The summed E-state index contributed by atoms with van der Waals surface area (Å²) < 4.78 is 5.29. The lowest BCUT2D eigenvalue weighted by atomic mass is 10.2. The molecular formula is C15H26N2O. The number of ether oxygens (including phenoxy) is 1. The molecule has 3 nitrogen and oxygen atoms in total. The fourth-order valence-corrected chi connectivity index (χ4v) is 1.45. The van der Waals surface area contributed by atoms with Gasteiger partial charge in [-0.3, -0.25) is 4.99 Å². The lowest BCUT2D eigenvalue weighted by molar-refractivity contribution is 0.209. The third-order valence-corrected chi connectivity index (χ3v) is 2.32. The summed E-state index contributed by atoms with van der Waals surface area (Å²) in [6.45, 7) is 14.0. The van der Waals surface area contributed by atoms with Crippen molar-refractivity contribution < 1.29 is 4.74 Å². The first-order valence-electron chi connectivity index (χ1n) is 6.38. The molecule has 0 aromatic carbocycles. The molecule has 0 saturated carbocycles. The molecule has 0 aliphatic heterocycles. The van der Waals surface area contributed by atoms with Crippen LogP contribution in [0.2, 0.25) is 0 Å². The van der Waals surface area contributed by atoms with Gasteiger partial charge < -0.3 is 10.5 Å². The van der Waals surface area contributed by atoms with Crippen molar-refractivity contribution in [3.8, 4) is 0 Å². The molecule has 0 fully saturated rings. The summed E-state index contributed by atoms with van der Waals surface area (Å²) in [6, 6.07) is 0. The summed E-state index contributed by atoms with van der Waals surface area (Å²) in [4.78, 5) is 4.35. The Kier molecular flexibility index (Phi) is 8.71. The molecule has 0 bridgehead atoms. The first kappa shape index (κ1) is 16.5. The van der Waals surface area contributed by atoms with Crippen LogP contribution in [-0.4, -0.2) is 12.8 Å². The molecule has 0 radical (unpaired) electrons. The molecule has 3 heteroatoms.